The average molecular weight is 410 g/mol. The Bertz CT molecular complexity index is 611. The van der Waals surface area contributed by atoms with Gasteiger partial charge >= 0.3 is 0 Å². The van der Waals surface area contributed by atoms with Gasteiger partial charge in [0.15, 0.2) is 0 Å². The van der Waals surface area contributed by atoms with Gasteiger partial charge in [0.1, 0.15) is 6.29 Å². The van der Waals surface area contributed by atoms with Crippen LogP contribution in [0.3, 0.4) is 0 Å². The molecule has 0 aliphatic heterocycles. The normalized spacial score (nSPS) is 11.5. The summed E-state index contributed by atoms with van der Waals surface area (Å²) < 4.78 is 26.8. The first-order valence-corrected chi connectivity index (χ1v) is 12.8. The highest BCUT2D eigenvalue weighted by Crippen LogP contribution is 2.14. The molecule has 0 atom stereocenters. The van der Waals surface area contributed by atoms with E-state index in [9.17, 15) is 13.2 Å². The smallest absolute Gasteiger partial charge is 0.232 e. The molecule has 0 heterocycles. The number of unbranched alkanes of at least 4 members (excludes halogenated alkanes) is 13. The van der Waals surface area contributed by atoms with Crippen molar-refractivity contribution in [1.29, 1.82) is 0 Å². The van der Waals surface area contributed by atoms with Crippen molar-refractivity contribution in [2.75, 3.05) is 10.5 Å². The Morgan fingerprint density at radius 2 is 1.14 bits per heavy atom. The van der Waals surface area contributed by atoms with Crippen molar-refractivity contribution in [1.82, 2.24) is 0 Å². The third-order valence-corrected chi connectivity index (χ3v) is 6.46. The van der Waals surface area contributed by atoms with Crippen LogP contribution in [-0.2, 0) is 10.0 Å². The summed E-state index contributed by atoms with van der Waals surface area (Å²) in [5.74, 6) is 0.153. The van der Waals surface area contributed by atoms with Gasteiger partial charge in [0.05, 0.1) is 5.75 Å². The molecule has 4 nitrogen and oxygen atoms in total. The fraction of sp³-hybridized carbons (Fsp3) is 0.696. The second-order valence-corrected chi connectivity index (χ2v) is 9.60. The molecule has 1 rings (SSSR count). The van der Waals surface area contributed by atoms with Crippen molar-refractivity contribution in [3.8, 4) is 0 Å². The monoisotopic (exact) mass is 409 g/mol. The molecule has 0 fully saturated rings. The second kappa shape index (κ2) is 15.5. The number of sulfonamides is 1. The lowest BCUT2D eigenvalue weighted by atomic mass is 10.0. The first-order chi connectivity index (χ1) is 13.6. The fourth-order valence-electron chi connectivity index (χ4n) is 3.35. The first-order valence-electron chi connectivity index (χ1n) is 11.1. The second-order valence-electron chi connectivity index (χ2n) is 7.76. The van der Waals surface area contributed by atoms with Gasteiger partial charge in [-0.25, -0.2) is 8.42 Å². The van der Waals surface area contributed by atoms with Crippen molar-refractivity contribution < 1.29 is 13.2 Å². The van der Waals surface area contributed by atoms with Gasteiger partial charge in [-0.05, 0) is 30.7 Å². The molecule has 0 saturated heterocycles. The van der Waals surface area contributed by atoms with Crippen molar-refractivity contribution in [2.24, 2.45) is 0 Å². The Balaban J connectivity index is 1.96. The molecule has 0 aliphatic rings. The molecule has 5 heteroatoms. The lowest BCUT2D eigenvalue weighted by molar-refractivity contribution is 0.112. The summed E-state index contributed by atoms with van der Waals surface area (Å²) in [5.41, 5.74) is 1.05. The summed E-state index contributed by atoms with van der Waals surface area (Å²) in [7, 11) is -3.31. The maximum atomic E-state index is 12.1. The third kappa shape index (κ3) is 12.9. The molecule has 0 unspecified atom stereocenters. The molecule has 1 aromatic carbocycles. The summed E-state index contributed by atoms with van der Waals surface area (Å²) in [4.78, 5) is 10.6. The predicted octanol–water partition coefficient (Wildman–Crippen LogP) is 6.72. The van der Waals surface area contributed by atoms with E-state index in [1.54, 1.807) is 24.3 Å². The maximum absolute atomic E-state index is 12.1. The van der Waals surface area contributed by atoms with Gasteiger partial charge in [0.25, 0.3) is 0 Å². The summed E-state index contributed by atoms with van der Waals surface area (Å²) in [6.07, 6.45) is 18.3. The number of nitrogens with one attached hydrogen (secondary N) is 1. The Kier molecular flexibility index (Phi) is 13.7. The first kappa shape index (κ1) is 24.7. The van der Waals surface area contributed by atoms with Crippen LogP contribution in [0.2, 0.25) is 0 Å². The van der Waals surface area contributed by atoms with Crippen LogP contribution >= 0.6 is 0 Å². The molecule has 0 spiro atoms. The molecule has 28 heavy (non-hydrogen) atoms. The summed E-state index contributed by atoms with van der Waals surface area (Å²) in [6.45, 7) is 2.26. The topological polar surface area (TPSA) is 63.2 Å². The van der Waals surface area contributed by atoms with Crippen molar-refractivity contribution >= 4 is 22.0 Å². The molecule has 0 aromatic heterocycles. The van der Waals surface area contributed by atoms with Crippen LogP contribution in [0, 0.1) is 0 Å². The quantitative estimate of drug-likeness (QED) is 0.216. The van der Waals surface area contributed by atoms with Gasteiger partial charge in [-0.1, -0.05) is 90.4 Å². The van der Waals surface area contributed by atoms with Crippen molar-refractivity contribution in [2.45, 2.75) is 96.8 Å². The van der Waals surface area contributed by atoms with Gasteiger partial charge in [-0.3, -0.25) is 9.52 Å². The zero-order valence-corrected chi connectivity index (χ0v) is 18.4. The van der Waals surface area contributed by atoms with Crippen LogP contribution in [0.5, 0.6) is 0 Å². The van der Waals surface area contributed by atoms with Gasteiger partial charge in [-0.2, -0.15) is 0 Å². The lowest BCUT2D eigenvalue weighted by Crippen LogP contribution is -2.16. The molecule has 0 bridgehead atoms. The number of benzene rings is 1. The lowest BCUT2D eigenvalue weighted by Gasteiger charge is -2.08. The third-order valence-electron chi connectivity index (χ3n) is 5.09. The number of rotatable bonds is 18. The number of aldehydes is 1. The van der Waals surface area contributed by atoms with E-state index in [0.29, 0.717) is 17.7 Å². The van der Waals surface area contributed by atoms with E-state index in [0.717, 1.165) is 19.1 Å². The largest absolute Gasteiger partial charge is 0.298 e. The Hall–Kier alpha value is -1.36. The Morgan fingerprint density at radius 1 is 0.714 bits per heavy atom. The fourth-order valence-corrected chi connectivity index (χ4v) is 4.53. The number of carbonyl (C=O) groups excluding carboxylic acids is 1. The number of anilines is 1. The SMILES string of the molecule is CCCCCCCCCCCCCCCCS(=O)(=O)Nc1ccc(C=O)cc1. The summed E-state index contributed by atoms with van der Waals surface area (Å²) >= 11 is 0. The van der Waals surface area contributed by atoms with Crippen LogP contribution in [0.4, 0.5) is 5.69 Å². The molecule has 0 aliphatic carbocycles. The molecule has 0 amide bonds. The predicted molar refractivity (Wildman–Crippen MR) is 120 cm³/mol. The maximum Gasteiger partial charge on any atom is 0.232 e. The minimum absolute atomic E-state index is 0.153. The van der Waals surface area contributed by atoms with Crippen LogP contribution in [0.15, 0.2) is 24.3 Å². The van der Waals surface area contributed by atoms with Crippen LogP contribution in [0.1, 0.15) is 107 Å². The van der Waals surface area contributed by atoms with Crippen LogP contribution in [-0.4, -0.2) is 20.5 Å². The highest BCUT2D eigenvalue weighted by molar-refractivity contribution is 7.92. The molecule has 160 valence electrons. The number of carbonyl (C=O) groups is 1. The van der Waals surface area contributed by atoms with E-state index >= 15 is 0 Å². The van der Waals surface area contributed by atoms with E-state index < -0.39 is 10.0 Å². The van der Waals surface area contributed by atoms with Crippen LogP contribution in [0.25, 0.3) is 0 Å². The van der Waals surface area contributed by atoms with E-state index in [1.165, 1.54) is 70.6 Å². The molecule has 1 N–H and O–H groups in total. The summed E-state index contributed by atoms with van der Waals surface area (Å²) in [5, 5.41) is 0. The molecular weight excluding hydrogens is 370 g/mol. The van der Waals surface area contributed by atoms with Crippen LogP contribution < -0.4 is 4.72 Å². The van der Waals surface area contributed by atoms with E-state index in [4.69, 9.17) is 0 Å². The van der Waals surface area contributed by atoms with Gasteiger partial charge in [-0.15, -0.1) is 0 Å². The van der Waals surface area contributed by atoms with E-state index in [-0.39, 0.29) is 5.75 Å². The minimum atomic E-state index is -3.31. The molecule has 0 saturated carbocycles. The standard InChI is InChI=1S/C23H39NO3S/c1-2-3-4-5-6-7-8-9-10-11-12-13-14-15-20-28(26,27)24-23-18-16-22(21-25)17-19-23/h16-19,21,24H,2-15,20H2,1H3. The van der Waals surface area contributed by atoms with E-state index in [1.807, 2.05) is 0 Å². The highest BCUT2D eigenvalue weighted by Gasteiger charge is 2.09. The highest BCUT2D eigenvalue weighted by atomic mass is 32.2. The van der Waals surface area contributed by atoms with Crippen molar-refractivity contribution in [3.05, 3.63) is 29.8 Å². The van der Waals surface area contributed by atoms with E-state index in [2.05, 4.69) is 11.6 Å². The Morgan fingerprint density at radius 3 is 1.57 bits per heavy atom. The molecule has 1 aromatic rings. The summed E-state index contributed by atoms with van der Waals surface area (Å²) in [6, 6.07) is 6.45. The molecule has 0 radical (unpaired) electrons. The average Bonchev–Trinajstić information content (AvgIpc) is 2.68. The minimum Gasteiger partial charge on any atom is -0.298 e. The zero-order valence-electron chi connectivity index (χ0n) is 17.6. The van der Waals surface area contributed by atoms with Gasteiger partial charge < -0.3 is 0 Å². The van der Waals surface area contributed by atoms with Crippen molar-refractivity contribution in [3.63, 3.8) is 0 Å². The Labute approximate surface area is 172 Å². The number of hydrogen-bond donors (Lipinski definition) is 1. The number of hydrogen-bond acceptors (Lipinski definition) is 3. The zero-order chi connectivity index (χ0) is 20.5. The van der Waals surface area contributed by atoms with Gasteiger partial charge in [0.2, 0.25) is 10.0 Å². The van der Waals surface area contributed by atoms with Gasteiger partial charge in [0, 0.05) is 11.3 Å². The molecular formula is C23H39NO3S.